The highest BCUT2D eigenvalue weighted by molar-refractivity contribution is 7.91. The largest absolute Gasteiger partial charge is 0.370 e. The number of para-hydroxylation sites is 1. The Morgan fingerprint density at radius 3 is 2.89 bits per heavy atom. The average Bonchev–Trinajstić information content (AvgIpc) is 3.24. The smallest absolute Gasteiger partial charge is 0.152 e. The van der Waals surface area contributed by atoms with Crippen LogP contribution in [-0.2, 0) is 16.3 Å². The molecule has 0 radical (unpaired) electrons. The van der Waals surface area contributed by atoms with Gasteiger partial charge in [-0.2, -0.15) is 0 Å². The Labute approximate surface area is 165 Å². The lowest BCUT2D eigenvalue weighted by molar-refractivity contribution is 0.600. The van der Waals surface area contributed by atoms with E-state index in [1.165, 1.54) is 10.9 Å². The molecule has 0 bridgehead atoms. The van der Waals surface area contributed by atoms with Crippen LogP contribution < -0.4 is 10.2 Å². The number of nitrogens with one attached hydrogen (secondary N) is 2. The summed E-state index contributed by atoms with van der Waals surface area (Å²) < 4.78 is 23.6. The van der Waals surface area contributed by atoms with Crippen molar-refractivity contribution in [3.63, 3.8) is 0 Å². The van der Waals surface area contributed by atoms with E-state index in [-0.39, 0.29) is 17.5 Å². The number of hydrogen-bond donors (Lipinski definition) is 2. The molecule has 148 valence electrons. The molecule has 0 saturated carbocycles. The van der Waals surface area contributed by atoms with Crippen molar-refractivity contribution in [3.8, 4) is 0 Å². The molecular weight excluding hydrogens is 374 g/mol. The van der Waals surface area contributed by atoms with Gasteiger partial charge in [0.2, 0.25) is 0 Å². The zero-order chi connectivity index (χ0) is 19.7. The molecule has 1 saturated heterocycles. The van der Waals surface area contributed by atoms with Crippen molar-refractivity contribution in [2.24, 2.45) is 0 Å². The highest BCUT2D eigenvalue weighted by atomic mass is 32.2. The Morgan fingerprint density at radius 2 is 2.11 bits per heavy atom. The number of sulfone groups is 1. The average molecular weight is 400 g/mol. The third-order valence-electron chi connectivity index (χ3n) is 5.32. The molecule has 1 fully saturated rings. The minimum atomic E-state index is -2.93. The van der Waals surface area contributed by atoms with E-state index in [1.54, 1.807) is 0 Å². The van der Waals surface area contributed by atoms with Gasteiger partial charge in [-0.05, 0) is 31.4 Å². The van der Waals surface area contributed by atoms with Gasteiger partial charge in [0.25, 0.3) is 0 Å². The van der Waals surface area contributed by atoms with E-state index >= 15 is 0 Å². The van der Waals surface area contributed by atoms with Crippen molar-refractivity contribution in [3.05, 3.63) is 47.9 Å². The molecule has 1 aliphatic heterocycles. The van der Waals surface area contributed by atoms with Gasteiger partial charge in [0, 0.05) is 42.8 Å². The molecule has 0 amide bonds. The summed E-state index contributed by atoms with van der Waals surface area (Å²) in [4.78, 5) is 14.2. The summed E-state index contributed by atoms with van der Waals surface area (Å²) in [5, 5.41) is 4.62. The number of aromatic amines is 1. The van der Waals surface area contributed by atoms with E-state index in [1.807, 2.05) is 37.1 Å². The molecule has 1 atom stereocenters. The summed E-state index contributed by atoms with van der Waals surface area (Å²) in [5.41, 5.74) is 2.41. The predicted molar refractivity (Wildman–Crippen MR) is 113 cm³/mol. The molecule has 8 heteroatoms. The molecule has 3 heterocycles. The number of rotatable bonds is 6. The zero-order valence-corrected chi connectivity index (χ0v) is 17.0. The standard InChI is InChI=1S/C20H25N5O2S/c1-14-23-19(11-20(24-14)25(2)16-8-10-28(26,27)13-16)21-9-7-15-12-22-18-6-4-3-5-17(15)18/h3-6,11-12,16,22H,7-10,13H2,1-2H3,(H,21,23,24). The molecule has 1 unspecified atom stereocenters. The van der Waals surface area contributed by atoms with Crippen molar-refractivity contribution in [2.45, 2.75) is 25.8 Å². The van der Waals surface area contributed by atoms with Crippen LogP contribution in [0, 0.1) is 6.92 Å². The van der Waals surface area contributed by atoms with Crippen LogP contribution >= 0.6 is 0 Å². The normalized spacial score (nSPS) is 18.4. The first kappa shape index (κ1) is 18.7. The molecule has 0 spiro atoms. The summed E-state index contributed by atoms with van der Waals surface area (Å²) in [7, 11) is -1.02. The number of benzene rings is 1. The summed E-state index contributed by atoms with van der Waals surface area (Å²) >= 11 is 0. The van der Waals surface area contributed by atoms with Crippen LogP contribution in [-0.4, -0.2) is 54.5 Å². The van der Waals surface area contributed by atoms with Crippen molar-refractivity contribution >= 4 is 32.4 Å². The summed E-state index contributed by atoms with van der Waals surface area (Å²) in [5.74, 6) is 2.62. The van der Waals surface area contributed by atoms with Gasteiger partial charge in [-0.1, -0.05) is 18.2 Å². The summed E-state index contributed by atoms with van der Waals surface area (Å²) in [6.45, 7) is 2.60. The number of aromatic nitrogens is 3. The molecule has 1 aliphatic rings. The Bertz CT molecular complexity index is 1090. The van der Waals surface area contributed by atoms with Crippen LogP contribution in [0.3, 0.4) is 0 Å². The van der Waals surface area contributed by atoms with Crippen LogP contribution in [0.2, 0.25) is 0 Å². The predicted octanol–water partition coefficient (Wildman–Crippen LogP) is 2.54. The van der Waals surface area contributed by atoms with Crippen molar-refractivity contribution in [1.82, 2.24) is 15.0 Å². The molecule has 2 aromatic heterocycles. The first-order valence-electron chi connectivity index (χ1n) is 9.49. The van der Waals surface area contributed by atoms with Gasteiger partial charge in [0.1, 0.15) is 17.5 Å². The molecule has 1 aromatic carbocycles. The number of H-pyrrole nitrogens is 1. The number of nitrogens with zero attached hydrogens (tertiary/aromatic N) is 3. The van der Waals surface area contributed by atoms with Crippen molar-refractivity contribution in [2.75, 3.05) is 35.3 Å². The van der Waals surface area contributed by atoms with Gasteiger partial charge in [-0.15, -0.1) is 0 Å². The zero-order valence-electron chi connectivity index (χ0n) is 16.1. The lowest BCUT2D eigenvalue weighted by Crippen LogP contribution is -2.33. The maximum atomic E-state index is 11.8. The van der Waals surface area contributed by atoms with Crippen LogP contribution in [0.4, 0.5) is 11.6 Å². The molecule has 0 aliphatic carbocycles. The van der Waals surface area contributed by atoms with E-state index in [9.17, 15) is 8.42 Å². The SMILES string of the molecule is Cc1nc(NCCc2c[nH]c3ccccc23)cc(N(C)C2CCS(=O)(=O)C2)n1. The lowest BCUT2D eigenvalue weighted by Gasteiger charge is -2.25. The molecule has 4 rings (SSSR count). The Balaban J connectivity index is 1.44. The van der Waals surface area contributed by atoms with E-state index in [4.69, 9.17) is 0 Å². The van der Waals surface area contributed by atoms with Crippen LogP contribution in [0.25, 0.3) is 10.9 Å². The van der Waals surface area contributed by atoms with E-state index in [0.717, 1.165) is 30.1 Å². The Kier molecular flexibility index (Phi) is 4.97. The van der Waals surface area contributed by atoms with Gasteiger partial charge in [0.05, 0.1) is 11.5 Å². The highest BCUT2D eigenvalue weighted by Gasteiger charge is 2.31. The van der Waals surface area contributed by atoms with Gasteiger partial charge >= 0.3 is 0 Å². The first-order valence-corrected chi connectivity index (χ1v) is 11.3. The van der Waals surface area contributed by atoms with Crippen LogP contribution in [0.5, 0.6) is 0 Å². The number of aryl methyl sites for hydroxylation is 1. The second kappa shape index (κ2) is 7.43. The molecule has 7 nitrogen and oxygen atoms in total. The third-order valence-corrected chi connectivity index (χ3v) is 7.07. The fourth-order valence-electron chi connectivity index (χ4n) is 3.75. The van der Waals surface area contributed by atoms with Crippen molar-refractivity contribution < 1.29 is 8.42 Å². The number of anilines is 2. The summed E-state index contributed by atoms with van der Waals surface area (Å²) in [6.07, 6.45) is 3.57. The fraction of sp³-hybridized carbons (Fsp3) is 0.400. The third kappa shape index (κ3) is 3.96. The van der Waals surface area contributed by atoms with Gasteiger partial charge in [-0.3, -0.25) is 0 Å². The maximum absolute atomic E-state index is 11.8. The van der Waals surface area contributed by atoms with Crippen LogP contribution in [0.15, 0.2) is 36.5 Å². The van der Waals surface area contributed by atoms with Gasteiger partial charge in [0.15, 0.2) is 9.84 Å². The minimum absolute atomic E-state index is 0.0293. The van der Waals surface area contributed by atoms with Crippen LogP contribution in [0.1, 0.15) is 17.8 Å². The lowest BCUT2D eigenvalue weighted by atomic mass is 10.1. The molecular formula is C20H25N5O2S. The van der Waals surface area contributed by atoms with Gasteiger partial charge < -0.3 is 15.2 Å². The fourth-order valence-corrected chi connectivity index (χ4v) is 5.53. The second-order valence-electron chi connectivity index (χ2n) is 7.36. The summed E-state index contributed by atoms with van der Waals surface area (Å²) in [6, 6.07) is 10.1. The Morgan fingerprint density at radius 1 is 1.29 bits per heavy atom. The number of fused-ring (bicyclic) bond motifs is 1. The Hall–Kier alpha value is -2.61. The topological polar surface area (TPSA) is 91.0 Å². The van der Waals surface area contributed by atoms with E-state index in [0.29, 0.717) is 12.2 Å². The minimum Gasteiger partial charge on any atom is -0.370 e. The van der Waals surface area contributed by atoms with E-state index < -0.39 is 9.84 Å². The quantitative estimate of drug-likeness (QED) is 0.662. The molecule has 3 aromatic rings. The first-order chi connectivity index (χ1) is 13.4. The van der Waals surface area contributed by atoms with E-state index in [2.05, 4.69) is 38.6 Å². The molecule has 28 heavy (non-hydrogen) atoms. The van der Waals surface area contributed by atoms with Crippen molar-refractivity contribution in [1.29, 1.82) is 0 Å². The second-order valence-corrected chi connectivity index (χ2v) is 9.59. The number of hydrogen-bond acceptors (Lipinski definition) is 6. The maximum Gasteiger partial charge on any atom is 0.152 e. The molecule has 2 N–H and O–H groups in total. The van der Waals surface area contributed by atoms with Gasteiger partial charge in [-0.25, -0.2) is 18.4 Å². The highest BCUT2D eigenvalue weighted by Crippen LogP contribution is 2.23. The monoisotopic (exact) mass is 399 g/mol.